The Morgan fingerprint density at radius 3 is 0.816 bits per heavy atom. The number of ether oxygens (including phenoxy) is 2. The Morgan fingerprint density at radius 2 is 0.551 bits per heavy atom. The first-order valence-corrected chi connectivity index (χ1v) is 40.3. The second-order valence-electron chi connectivity index (χ2n) is 26.3. The maximum Gasteiger partial charge on any atom is 0.472 e. The number of quaternary nitrogens is 1. The molecule has 0 saturated carbocycles. The van der Waals surface area contributed by atoms with Crippen molar-refractivity contribution in [3.63, 3.8) is 0 Å². The van der Waals surface area contributed by atoms with E-state index >= 15 is 0 Å². The number of carbonyl (C=O) groups excluding carboxylic acids is 2. The largest absolute Gasteiger partial charge is 0.472 e. The Bertz CT molecular complexity index is 2410. The van der Waals surface area contributed by atoms with Gasteiger partial charge in [-0.2, -0.15) is 0 Å². The van der Waals surface area contributed by atoms with Gasteiger partial charge < -0.3 is 18.9 Å². The molecule has 10 heteroatoms. The number of nitrogens with zero attached hydrogens (tertiary/aromatic N) is 1. The molecule has 0 aliphatic carbocycles. The van der Waals surface area contributed by atoms with Crippen LogP contribution in [0, 0.1) is 0 Å². The highest BCUT2D eigenvalue weighted by Crippen LogP contribution is 2.43. The normalized spacial score (nSPS) is 14.2. The van der Waals surface area contributed by atoms with Crippen LogP contribution in [0.5, 0.6) is 0 Å². The van der Waals surface area contributed by atoms with Crippen molar-refractivity contribution in [2.75, 3.05) is 47.5 Å². The first kappa shape index (κ1) is 92.6. The minimum absolute atomic E-state index is 0.0194. The number of hydrogen-bond acceptors (Lipinski definition) is 7. The van der Waals surface area contributed by atoms with Crippen LogP contribution in [0.25, 0.3) is 0 Å². The molecule has 0 radical (unpaired) electrons. The molecule has 0 spiro atoms. The van der Waals surface area contributed by atoms with Crippen molar-refractivity contribution in [3.05, 3.63) is 207 Å². The Balaban J connectivity index is 4.10. The Morgan fingerprint density at radius 1 is 0.316 bits per heavy atom. The van der Waals surface area contributed by atoms with Gasteiger partial charge in [0.25, 0.3) is 0 Å². The summed E-state index contributed by atoms with van der Waals surface area (Å²) in [5.41, 5.74) is 0. The summed E-state index contributed by atoms with van der Waals surface area (Å²) in [5.74, 6) is -0.820. The third-order valence-corrected chi connectivity index (χ3v) is 16.8. The molecule has 0 amide bonds. The average molecular weight is 1370 g/mol. The van der Waals surface area contributed by atoms with Gasteiger partial charge in [0, 0.05) is 12.8 Å². The monoisotopic (exact) mass is 1370 g/mol. The van der Waals surface area contributed by atoms with Gasteiger partial charge in [0.15, 0.2) is 6.10 Å². The molecule has 0 bridgehead atoms. The van der Waals surface area contributed by atoms with Gasteiger partial charge in [-0.25, -0.2) is 4.57 Å². The quantitative estimate of drug-likeness (QED) is 0.0211. The number of unbranched alkanes of at least 4 members (excludes halogenated alkanes) is 21. The summed E-state index contributed by atoms with van der Waals surface area (Å²) in [5, 5.41) is 0. The molecule has 2 atom stereocenters. The van der Waals surface area contributed by atoms with E-state index in [4.69, 9.17) is 18.5 Å². The van der Waals surface area contributed by atoms with Crippen LogP contribution in [0.2, 0.25) is 0 Å². The molecular formula is C88H143NO8P+. The van der Waals surface area contributed by atoms with E-state index in [1.807, 2.05) is 21.1 Å². The van der Waals surface area contributed by atoms with Crippen LogP contribution in [0.4, 0.5) is 0 Å². The van der Waals surface area contributed by atoms with E-state index in [0.29, 0.717) is 17.4 Å². The lowest BCUT2D eigenvalue weighted by Gasteiger charge is -2.24. The van der Waals surface area contributed by atoms with E-state index in [0.717, 1.165) is 154 Å². The topological polar surface area (TPSA) is 108 Å². The van der Waals surface area contributed by atoms with Gasteiger partial charge in [-0.1, -0.05) is 330 Å². The van der Waals surface area contributed by atoms with Crippen LogP contribution in [-0.4, -0.2) is 74.9 Å². The molecule has 0 heterocycles. The van der Waals surface area contributed by atoms with Crippen LogP contribution in [0.15, 0.2) is 207 Å². The van der Waals surface area contributed by atoms with E-state index < -0.39 is 26.5 Å². The van der Waals surface area contributed by atoms with Gasteiger partial charge in [0.05, 0.1) is 27.7 Å². The second-order valence-corrected chi connectivity index (χ2v) is 27.7. The number of phosphoric ester groups is 1. The fourth-order valence-electron chi connectivity index (χ4n) is 9.97. The summed E-state index contributed by atoms with van der Waals surface area (Å²) in [7, 11) is 1.45. The number of phosphoric acid groups is 1. The first-order chi connectivity index (χ1) is 48.0. The summed E-state index contributed by atoms with van der Waals surface area (Å²) in [6.07, 6.45) is 119. The van der Waals surface area contributed by atoms with Crippen LogP contribution in [-0.2, 0) is 32.7 Å². The second kappa shape index (κ2) is 75.8. The number of rotatable bonds is 69. The number of hydrogen-bond donors (Lipinski definition) is 1. The molecule has 0 aromatic heterocycles. The molecular weight excluding hydrogens is 1230 g/mol. The molecule has 552 valence electrons. The number of likely N-dealkylation sites (N-methyl/N-ethyl adjacent to an activating group) is 1. The SMILES string of the molecule is CC/C=C\C/C=C\C/C=C\C/C=C\C/C=C\C/C=C\C/C=C\C/C=C\C/C=C\CCCCCCCCCC(=O)OC(COC(=O)CCCCCCCCCCCCCCCC/C=C\C/C=C\C/C=C\C/C=C\C/C=C\C/C=C\C/C=C\C/C=C\CC)COP(=O)(O)OCC[N+](C)(C)C. The number of esters is 2. The van der Waals surface area contributed by atoms with Crippen molar-refractivity contribution in [1.29, 1.82) is 0 Å². The van der Waals surface area contributed by atoms with Crippen molar-refractivity contribution in [1.82, 2.24) is 0 Å². The third-order valence-electron chi connectivity index (χ3n) is 15.8. The van der Waals surface area contributed by atoms with Gasteiger partial charge in [0.2, 0.25) is 0 Å². The summed E-state index contributed by atoms with van der Waals surface area (Å²) in [4.78, 5) is 36.0. The Hall–Kier alpha value is -5.41. The molecule has 0 aliphatic heterocycles. The predicted octanol–water partition coefficient (Wildman–Crippen LogP) is 26.2. The maximum absolute atomic E-state index is 12.9. The van der Waals surface area contributed by atoms with Gasteiger partial charge in [0.1, 0.15) is 19.8 Å². The molecule has 0 aromatic carbocycles. The summed E-state index contributed by atoms with van der Waals surface area (Å²) in [6.45, 7) is 4.18. The smallest absolute Gasteiger partial charge is 0.462 e. The van der Waals surface area contributed by atoms with Gasteiger partial charge in [-0.3, -0.25) is 18.6 Å². The first-order valence-electron chi connectivity index (χ1n) is 38.8. The zero-order valence-corrected chi connectivity index (χ0v) is 63.8. The minimum atomic E-state index is -4.41. The third kappa shape index (κ3) is 79.6. The molecule has 0 fully saturated rings. The van der Waals surface area contributed by atoms with Gasteiger partial charge in [-0.15, -0.1) is 0 Å². The lowest BCUT2D eigenvalue weighted by molar-refractivity contribution is -0.870. The molecule has 98 heavy (non-hydrogen) atoms. The van der Waals surface area contributed by atoms with E-state index in [-0.39, 0.29) is 32.0 Å². The molecule has 2 unspecified atom stereocenters. The number of carbonyl (C=O) groups is 2. The number of allylic oxidation sites excluding steroid dienone is 34. The van der Waals surface area contributed by atoms with E-state index in [1.165, 1.54) is 96.3 Å². The van der Waals surface area contributed by atoms with Crippen molar-refractivity contribution in [2.45, 2.75) is 290 Å². The Kier molecular flexibility index (Phi) is 71.6. The van der Waals surface area contributed by atoms with Crippen molar-refractivity contribution in [3.8, 4) is 0 Å². The van der Waals surface area contributed by atoms with Crippen LogP contribution in [0.3, 0.4) is 0 Å². The molecule has 0 aromatic rings. The zero-order chi connectivity index (χ0) is 71.1. The molecule has 1 N–H and O–H groups in total. The van der Waals surface area contributed by atoms with Crippen LogP contribution in [0.1, 0.15) is 284 Å². The highest BCUT2D eigenvalue weighted by molar-refractivity contribution is 7.47. The van der Waals surface area contributed by atoms with Crippen LogP contribution < -0.4 is 0 Å². The highest BCUT2D eigenvalue weighted by atomic mass is 31.2. The van der Waals surface area contributed by atoms with Crippen molar-refractivity contribution < 1.29 is 42.1 Å². The van der Waals surface area contributed by atoms with E-state index in [1.54, 1.807) is 0 Å². The fourth-order valence-corrected chi connectivity index (χ4v) is 10.7. The molecule has 0 saturated heterocycles. The van der Waals surface area contributed by atoms with Gasteiger partial charge in [-0.05, 0) is 148 Å². The Labute approximate surface area is 602 Å². The molecule has 0 aliphatic rings. The van der Waals surface area contributed by atoms with Crippen LogP contribution >= 0.6 is 7.82 Å². The highest BCUT2D eigenvalue weighted by Gasteiger charge is 2.27. The average Bonchev–Trinajstić information content (AvgIpc) is 1.08. The zero-order valence-electron chi connectivity index (χ0n) is 62.9. The maximum atomic E-state index is 12.9. The molecule has 0 rings (SSSR count). The fraction of sp³-hybridized carbons (Fsp3) is 0.591. The van der Waals surface area contributed by atoms with E-state index in [2.05, 4.69) is 220 Å². The van der Waals surface area contributed by atoms with Gasteiger partial charge >= 0.3 is 19.8 Å². The standard InChI is InChI=1S/C88H142NO8P/c1-6-8-10-12-14-16-18-20-22-24-26-28-30-32-34-36-38-40-42-43-44-45-47-48-50-52-54-56-58-60-62-64-66-68-70-72-74-76-78-80-87(90)94-84-86(85-96-98(92,93)95-83-82-89(3,4)5)97-88(91)81-79-77-75-73-71-69-67-65-63-61-59-57-55-53-51-49-46-41-39-37-35-33-31-29-27-25-23-21-19-17-15-13-11-9-7-2/h8-11,14-17,20-23,26-29,32-35,38-41,43-44,47-49,51,55,57,61,63,86H,6-7,12-13,18-19,24-25,30-31,36-37,42,45-46,50,52-54,56,58-60,62,64-85H2,1-5H3/p+1/b10-8-,11-9-,16-14-,17-15-,22-20-,23-21-,28-26-,29-27-,34-32-,35-33-,40-38-,41-39-,44-43-,48-47-,51-49-,57-55-,63-61-. The summed E-state index contributed by atoms with van der Waals surface area (Å²) < 4.78 is 34.8. The lowest BCUT2D eigenvalue weighted by atomic mass is 10.0. The minimum Gasteiger partial charge on any atom is -0.462 e. The van der Waals surface area contributed by atoms with E-state index in [9.17, 15) is 19.0 Å². The van der Waals surface area contributed by atoms with Crippen molar-refractivity contribution >= 4 is 19.8 Å². The molecule has 9 nitrogen and oxygen atoms in total. The lowest BCUT2D eigenvalue weighted by Crippen LogP contribution is -2.37. The summed E-state index contributed by atoms with van der Waals surface area (Å²) in [6, 6.07) is 0. The summed E-state index contributed by atoms with van der Waals surface area (Å²) >= 11 is 0. The van der Waals surface area contributed by atoms with Crippen molar-refractivity contribution in [2.24, 2.45) is 0 Å². The predicted molar refractivity (Wildman–Crippen MR) is 426 cm³/mol.